The fourth-order valence-corrected chi connectivity index (χ4v) is 5.61. The maximum absolute atomic E-state index is 13.6. The van der Waals surface area contributed by atoms with Gasteiger partial charge < -0.3 is 14.5 Å². The van der Waals surface area contributed by atoms with Crippen molar-refractivity contribution < 1.29 is 9.53 Å². The van der Waals surface area contributed by atoms with E-state index in [0.717, 1.165) is 29.8 Å². The minimum Gasteiger partial charge on any atom is -0.342 e. The molecule has 8 heteroatoms. The number of rotatable bonds is 3. The van der Waals surface area contributed by atoms with Crippen molar-refractivity contribution >= 4 is 11.9 Å². The number of anilines is 1. The Kier molecular flexibility index (Phi) is 4.72. The highest BCUT2D eigenvalue weighted by Gasteiger charge is 2.58. The van der Waals surface area contributed by atoms with E-state index in [1.54, 1.807) is 6.20 Å². The Morgan fingerprint density at radius 3 is 2.58 bits per heavy atom. The standard InChI is InChI=1S/C25H28N6O2/c1-17-19(21-10-13-27-29(21)2)16-26-24(28-17)30-14-11-25(12-15-30)23(32)31-20(8-9-22(31)33-25)18-6-4-3-5-7-18/h3-7,10,13,16,20,22H,8-9,11-12,14-15H2,1-2H3/t20-,22+/m0/s1. The number of hydrogen-bond donors (Lipinski definition) is 0. The zero-order valence-electron chi connectivity index (χ0n) is 19.0. The minimum absolute atomic E-state index is 0.106. The van der Waals surface area contributed by atoms with Crippen LogP contribution in [-0.2, 0) is 16.6 Å². The number of fused-ring (bicyclic) bond motifs is 1. The first-order valence-corrected chi connectivity index (χ1v) is 11.7. The van der Waals surface area contributed by atoms with E-state index in [-0.39, 0.29) is 18.2 Å². The molecule has 3 fully saturated rings. The molecule has 2 atom stereocenters. The molecule has 1 aromatic carbocycles. The van der Waals surface area contributed by atoms with E-state index in [2.05, 4.69) is 27.1 Å². The van der Waals surface area contributed by atoms with Gasteiger partial charge >= 0.3 is 0 Å². The first-order chi connectivity index (χ1) is 16.1. The van der Waals surface area contributed by atoms with Gasteiger partial charge in [0.05, 0.1) is 17.4 Å². The second-order valence-corrected chi connectivity index (χ2v) is 9.28. The van der Waals surface area contributed by atoms with Gasteiger partial charge in [-0.2, -0.15) is 5.10 Å². The summed E-state index contributed by atoms with van der Waals surface area (Å²) in [5, 5.41) is 4.24. The number of amides is 1. The molecule has 3 aromatic rings. The first kappa shape index (κ1) is 20.4. The van der Waals surface area contributed by atoms with Crippen LogP contribution in [0.1, 0.15) is 43.0 Å². The van der Waals surface area contributed by atoms with E-state index in [9.17, 15) is 4.79 Å². The van der Waals surface area contributed by atoms with E-state index in [4.69, 9.17) is 9.72 Å². The minimum atomic E-state index is -0.710. The molecule has 0 unspecified atom stereocenters. The molecule has 5 heterocycles. The summed E-state index contributed by atoms with van der Waals surface area (Å²) in [7, 11) is 1.92. The lowest BCUT2D eigenvalue weighted by Gasteiger charge is -2.37. The van der Waals surface area contributed by atoms with Crippen LogP contribution in [0.3, 0.4) is 0 Å². The Labute approximate surface area is 193 Å². The Morgan fingerprint density at radius 2 is 1.88 bits per heavy atom. The Bertz CT molecular complexity index is 1180. The van der Waals surface area contributed by atoms with Crippen LogP contribution in [-0.4, -0.2) is 55.5 Å². The van der Waals surface area contributed by atoms with Gasteiger partial charge in [0.1, 0.15) is 6.23 Å². The van der Waals surface area contributed by atoms with Crippen LogP contribution in [0.25, 0.3) is 11.3 Å². The normalized spacial score (nSPS) is 24.0. The summed E-state index contributed by atoms with van der Waals surface area (Å²) < 4.78 is 8.29. The van der Waals surface area contributed by atoms with Gasteiger partial charge in [-0.1, -0.05) is 30.3 Å². The van der Waals surface area contributed by atoms with Crippen LogP contribution in [0.15, 0.2) is 48.8 Å². The van der Waals surface area contributed by atoms with Crippen molar-refractivity contribution in [3.05, 3.63) is 60.0 Å². The van der Waals surface area contributed by atoms with Crippen molar-refractivity contribution in [2.75, 3.05) is 18.0 Å². The van der Waals surface area contributed by atoms with Crippen molar-refractivity contribution in [3.8, 4) is 11.3 Å². The predicted octanol–water partition coefficient (Wildman–Crippen LogP) is 3.24. The molecule has 1 amide bonds. The predicted molar refractivity (Wildman–Crippen MR) is 123 cm³/mol. The SMILES string of the molecule is Cc1nc(N2CCC3(CC2)O[C@@H]2CC[C@@H](c4ccccc4)N2C3=O)ncc1-c1ccnn1C. The third kappa shape index (κ3) is 3.23. The molecular formula is C25H28N6O2. The van der Waals surface area contributed by atoms with Crippen LogP contribution in [0.4, 0.5) is 5.95 Å². The zero-order valence-corrected chi connectivity index (χ0v) is 19.0. The summed E-state index contributed by atoms with van der Waals surface area (Å²) in [6.07, 6.45) is 6.72. The maximum Gasteiger partial charge on any atom is 0.257 e. The molecule has 0 saturated carbocycles. The molecule has 0 bridgehead atoms. The molecule has 0 aliphatic carbocycles. The second-order valence-electron chi connectivity index (χ2n) is 9.28. The number of ether oxygens (including phenoxy) is 1. The van der Waals surface area contributed by atoms with Gasteiger partial charge in [-0.15, -0.1) is 0 Å². The zero-order chi connectivity index (χ0) is 22.6. The molecule has 0 N–H and O–H groups in total. The third-order valence-corrected chi connectivity index (χ3v) is 7.42. The fourth-order valence-electron chi connectivity index (χ4n) is 5.61. The second kappa shape index (κ2) is 7.66. The number of hydrogen-bond acceptors (Lipinski definition) is 6. The van der Waals surface area contributed by atoms with E-state index in [0.29, 0.717) is 31.9 Å². The lowest BCUT2D eigenvalue weighted by molar-refractivity contribution is -0.140. The van der Waals surface area contributed by atoms with Gasteiger partial charge in [0.15, 0.2) is 5.60 Å². The highest BCUT2D eigenvalue weighted by molar-refractivity contribution is 5.88. The summed E-state index contributed by atoms with van der Waals surface area (Å²) in [6.45, 7) is 3.40. The Hall–Kier alpha value is -3.26. The molecule has 170 valence electrons. The number of carbonyl (C=O) groups excluding carboxylic acids is 1. The van der Waals surface area contributed by atoms with Crippen LogP contribution in [0, 0.1) is 6.92 Å². The van der Waals surface area contributed by atoms with E-state index in [1.807, 2.05) is 54.0 Å². The monoisotopic (exact) mass is 444 g/mol. The number of benzene rings is 1. The van der Waals surface area contributed by atoms with Crippen molar-refractivity contribution in [1.29, 1.82) is 0 Å². The van der Waals surface area contributed by atoms with Gasteiger partial charge in [0, 0.05) is 50.9 Å². The summed E-state index contributed by atoms with van der Waals surface area (Å²) in [5.74, 6) is 0.864. The smallest absolute Gasteiger partial charge is 0.257 e. The summed E-state index contributed by atoms with van der Waals surface area (Å²) in [4.78, 5) is 27.2. The van der Waals surface area contributed by atoms with Gasteiger partial charge in [-0.25, -0.2) is 9.97 Å². The van der Waals surface area contributed by atoms with Gasteiger partial charge in [-0.3, -0.25) is 9.48 Å². The molecule has 1 spiro atoms. The van der Waals surface area contributed by atoms with Crippen molar-refractivity contribution in [2.45, 2.75) is 50.5 Å². The average molecular weight is 445 g/mol. The summed E-state index contributed by atoms with van der Waals surface area (Å²) in [6, 6.07) is 12.4. The van der Waals surface area contributed by atoms with Crippen molar-refractivity contribution in [1.82, 2.24) is 24.6 Å². The lowest BCUT2D eigenvalue weighted by atomic mass is 9.89. The molecule has 2 aromatic heterocycles. The van der Waals surface area contributed by atoms with Crippen LogP contribution < -0.4 is 4.90 Å². The molecular weight excluding hydrogens is 416 g/mol. The van der Waals surface area contributed by atoms with Gasteiger partial charge in [-0.05, 0) is 31.4 Å². The molecule has 3 aliphatic heterocycles. The third-order valence-electron chi connectivity index (χ3n) is 7.42. The fraction of sp³-hybridized carbons (Fsp3) is 0.440. The number of aryl methyl sites for hydroxylation is 2. The average Bonchev–Trinajstić information content (AvgIpc) is 3.51. The van der Waals surface area contributed by atoms with E-state index >= 15 is 0 Å². The van der Waals surface area contributed by atoms with Crippen molar-refractivity contribution in [3.63, 3.8) is 0 Å². The van der Waals surface area contributed by atoms with Crippen molar-refractivity contribution in [2.24, 2.45) is 7.05 Å². The first-order valence-electron chi connectivity index (χ1n) is 11.7. The number of aromatic nitrogens is 4. The molecule has 3 saturated heterocycles. The highest BCUT2D eigenvalue weighted by Crippen LogP contribution is 2.47. The highest BCUT2D eigenvalue weighted by atomic mass is 16.6. The Morgan fingerprint density at radius 1 is 1.09 bits per heavy atom. The lowest BCUT2D eigenvalue weighted by Crippen LogP contribution is -2.50. The maximum atomic E-state index is 13.6. The molecule has 8 nitrogen and oxygen atoms in total. The largest absolute Gasteiger partial charge is 0.342 e. The Balaban J connectivity index is 1.18. The van der Waals surface area contributed by atoms with Crippen LogP contribution in [0.5, 0.6) is 0 Å². The molecule has 33 heavy (non-hydrogen) atoms. The van der Waals surface area contributed by atoms with Crippen LogP contribution >= 0.6 is 0 Å². The van der Waals surface area contributed by atoms with Gasteiger partial charge in [0.2, 0.25) is 5.95 Å². The number of nitrogens with zero attached hydrogens (tertiary/aromatic N) is 6. The molecule has 0 radical (unpaired) electrons. The van der Waals surface area contributed by atoms with Crippen LogP contribution in [0.2, 0.25) is 0 Å². The van der Waals surface area contributed by atoms with E-state index in [1.165, 1.54) is 5.56 Å². The summed E-state index contributed by atoms with van der Waals surface area (Å²) in [5.41, 5.74) is 3.38. The number of carbonyl (C=O) groups is 1. The molecule has 6 rings (SSSR count). The topological polar surface area (TPSA) is 76.4 Å². The van der Waals surface area contributed by atoms with E-state index < -0.39 is 5.60 Å². The number of piperidine rings is 1. The van der Waals surface area contributed by atoms with Gasteiger partial charge in [0.25, 0.3) is 5.91 Å². The quantitative estimate of drug-likeness (QED) is 0.617. The molecule has 3 aliphatic rings. The summed E-state index contributed by atoms with van der Waals surface area (Å²) >= 11 is 0.